The smallest absolute Gasteiger partial charge is 0.307 e. The van der Waals surface area contributed by atoms with Gasteiger partial charge in [-0.25, -0.2) is 14.2 Å². The SMILES string of the molecule is C/C(CC12CC3CC(CC(C3)C1)C2)=N/NC(=O)c1ccc(COc2ccc(F)cc2F)o1. The molecule has 7 heteroatoms. The Bertz CT molecular complexity index is 1010. The molecule has 5 nitrogen and oxygen atoms in total. The summed E-state index contributed by atoms with van der Waals surface area (Å²) in [7, 11) is 0. The van der Waals surface area contributed by atoms with Gasteiger partial charge in [0.15, 0.2) is 17.3 Å². The number of rotatable bonds is 7. The average Bonchev–Trinajstić information content (AvgIpc) is 3.19. The molecule has 0 radical (unpaired) electrons. The molecule has 0 unspecified atom stereocenters. The Morgan fingerprint density at radius 2 is 1.81 bits per heavy atom. The predicted octanol–water partition coefficient (Wildman–Crippen LogP) is 5.85. The number of ether oxygens (including phenoxy) is 1. The summed E-state index contributed by atoms with van der Waals surface area (Å²) in [6.45, 7) is 1.90. The van der Waals surface area contributed by atoms with Gasteiger partial charge in [0.2, 0.25) is 0 Å². The van der Waals surface area contributed by atoms with E-state index in [1.54, 1.807) is 6.07 Å². The normalized spacial score (nSPS) is 28.7. The topological polar surface area (TPSA) is 63.8 Å². The molecule has 0 spiro atoms. The molecule has 4 aliphatic rings. The van der Waals surface area contributed by atoms with Gasteiger partial charge in [-0.05, 0) is 99.3 Å². The molecule has 1 aromatic heterocycles. The van der Waals surface area contributed by atoms with Crippen LogP contribution in [0.15, 0.2) is 39.9 Å². The number of amides is 1. The maximum Gasteiger partial charge on any atom is 0.307 e. The molecule has 32 heavy (non-hydrogen) atoms. The number of carbonyl (C=O) groups is 1. The molecule has 4 aliphatic carbocycles. The van der Waals surface area contributed by atoms with Crippen LogP contribution in [0.25, 0.3) is 0 Å². The largest absolute Gasteiger partial charge is 0.483 e. The summed E-state index contributed by atoms with van der Waals surface area (Å²) in [6.07, 6.45) is 9.07. The molecule has 1 heterocycles. The molecule has 4 fully saturated rings. The van der Waals surface area contributed by atoms with Crippen LogP contribution in [-0.2, 0) is 6.61 Å². The van der Waals surface area contributed by atoms with Gasteiger partial charge in [-0.3, -0.25) is 4.79 Å². The van der Waals surface area contributed by atoms with E-state index in [-0.39, 0.29) is 18.1 Å². The summed E-state index contributed by atoms with van der Waals surface area (Å²) in [5.41, 5.74) is 3.92. The lowest BCUT2D eigenvalue weighted by Crippen LogP contribution is -2.46. The fourth-order valence-electron chi connectivity index (χ4n) is 6.61. The van der Waals surface area contributed by atoms with Gasteiger partial charge in [0.25, 0.3) is 0 Å². The Morgan fingerprint density at radius 3 is 2.47 bits per heavy atom. The highest BCUT2D eigenvalue weighted by molar-refractivity contribution is 5.93. The lowest BCUT2D eigenvalue weighted by Gasteiger charge is -2.57. The Morgan fingerprint density at radius 1 is 1.12 bits per heavy atom. The van der Waals surface area contributed by atoms with Gasteiger partial charge in [0.1, 0.15) is 18.2 Å². The Labute approximate surface area is 186 Å². The third-order valence-electron chi connectivity index (χ3n) is 7.29. The molecule has 6 rings (SSSR count). The van der Waals surface area contributed by atoms with Crippen molar-refractivity contribution in [3.8, 4) is 5.75 Å². The second-order valence-electron chi connectivity index (χ2n) is 10.0. The number of hydrogen-bond acceptors (Lipinski definition) is 4. The van der Waals surface area contributed by atoms with Crippen LogP contribution < -0.4 is 10.2 Å². The summed E-state index contributed by atoms with van der Waals surface area (Å²) in [5, 5.41) is 4.34. The van der Waals surface area contributed by atoms with Gasteiger partial charge >= 0.3 is 5.91 Å². The molecule has 4 saturated carbocycles. The van der Waals surface area contributed by atoms with Crippen molar-refractivity contribution in [3.05, 3.63) is 53.5 Å². The van der Waals surface area contributed by atoms with Crippen molar-refractivity contribution in [2.24, 2.45) is 28.3 Å². The summed E-state index contributed by atoms with van der Waals surface area (Å²) >= 11 is 0. The summed E-state index contributed by atoms with van der Waals surface area (Å²) in [5.74, 6) is 1.13. The van der Waals surface area contributed by atoms with Crippen LogP contribution in [0.1, 0.15) is 68.2 Å². The van der Waals surface area contributed by atoms with E-state index >= 15 is 0 Å². The highest BCUT2D eigenvalue weighted by atomic mass is 19.1. The standard InChI is InChI=1S/C25H28F2N2O3/c1-15(10-25-11-16-6-17(12-25)8-18(7-16)13-25)28-29-24(30)23-5-3-20(32-23)14-31-22-4-2-19(26)9-21(22)27/h2-5,9,16-18H,6-8,10-14H2,1H3,(H,29,30)/b28-15-. The minimum Gasteiger partial charge on any atom is -0.483 e. The fraction of sp³-hybridized carbons (Fsp3) is 0.520. The Kier molecular flexibility index (Phi) is 5.51. The fourth-order valence-corrected chi connectivity index (χ4v) is 6.61. The predicted molar refractivity (Wildman–Crippen MR) is 115 cm³/mol. The van der Waals surface area contributed by atoms with Gasteiger partial charge in [0, 0.05) is 11.8 Å². The van der Waals surface area contributed by atoms with Gasteiger partial charge in [-0.2, -0.15) is 5.10 Å². The van der Waals surface area contributed by atoms with E-state index in [9.17, 15) is 13.6 Å². The van der Waals surface area contributed by atoms with Crippen LogP contribution >= 0.6 is 0 Å². The van der Waals surface area contributed by atoms with Crippen molar-refractivity contribution in [1.29, 1.82) is 0 Å². The van der Waals surface area contributed by atoms with Crippen LogP contribution in [0.2, 0.25) is 0 Å². The second-order valence-corrected chi connectivity index (χ2v) is 10.0. The third-order valence-corrected chi connectivity index (χ3v) is 7.29. The lowest BCUT2D eigenvalue weighted by atomic mass is 9.48. The maximum absolute atomic E-state index is 13.7. The molecule has 0 atom stereocenters. The Balaban J connectivity index is 1.15. The zero-order valence-electron chi connectivity index (χ0n) is 18.2. The van der Waals surface area contributed by atoms with Crippen LogP contribution in [0.3, 0.4) is 0 Å². The highest BCUT2D eigenvalue weighted by Gasteiger charge is 2.50. The van der Waals surface area contributed by atoms with Crippen molar-refractivity contribution in [1.82, 2.24) is 5.43 Å². The van der Waals surface area contributed by atoms with Crippen LogP contribution in [0.5, 0.6) is 5.75 Å². The van der Waals surface area contributed by atoms with E-state index in [1.165, 1.54) is 50.7 Å². The molecule has 0 saturated heterocycles. The van der Waals surface area contributed by atoms with E-state index in [0.29, 0.717) is 11.2 Å². The number of hydrazone groups is 1. The lowest BCUT2D eigenvalue weighted by molar-refractivity contribution is -0.0482. The number of benzene rings is 1. The zero-order valence-corrected chi connectivity index (χ0v) is 18.2. The van der Waals surface area contributed by atoms with Crippen molar-refractivity contribution in [2.75, 3.05) is 0 Å². The average molecular weight is 443 g/mol. The highest BCUT2D eigenvalue weighted by Crippen LogP contribution is 2.61. The molecule has 1 amide bonds. The maximum atomic E-state index is 13.7. The van der Waals surface area contributed by atoms with Crippen LogP contribution in [-0.4, -0.2) is 11.6 Å². The first-order valence-corrected chi connectivity index (χ1v) is 11.4. The second kappa shape index (κ2) is 8.34. The van der Waals surface area contributed by atoms with E-state index in [1.807, 2.05) is 6.92 Å². The molecular formula is C25H28F2N2O3. The van der Waals surface area contributed by atoms with E-state index in [4.69, 9.17) is 9.15 Å². The van der Waals surface area contributed by atoms with Crippen LogP contribution in [0.4, 0.5) is 8.78 Å². The molecule has 4 bridgehead atoms. The molecule has 1 N–H and O–H groups in total. The van der Waals surface area contributed by atoms with Gasteiger partial charge in [0.05, 0.1) is 0 Å². The van der Waals surface area contributed by atoms with Gasteiger partial charge in [-0.1, -0.05) is 0 Å². The minimum atomic E-state index is -0.793. The van der Waals surface area contributed by atoms with Crippen molar-refractivity contribution in [2.45, 2.75) is 58.5 Å². The van der Waals surface area contributed by atoms with E-state index in [2.05, 4.69) is 10.5 Å². The number of halogens is 2. The zero-order chi connectivity index (χ0) is 22.3. The minimum absolute atomic E-state index is 0.0792. The van der Waals surface area contributed by atoms with Crippen molar-refractivity contribution >= 4 is 11.6 Å². The number of nitrogens with one attached hydrogen (secondary N) is 1. The monoisotopic (exact) mass is 442 g/mol. The number of furan rings is 1. The molecule has 170 valence electrons. The van der Waals surface area contributed by atoms with Crippen LogP contribution in [0, 0.1) is 34.8 Å². The van der Waals surface area contributed by atoms with Crippen molar-refractivity contribution < 1.29 is 22.7 Å². The van der Waals surface area contributed by atoms with Crippen molar-refractivity contribution in [3.63, 3.8) is 0 Å². The number of nitrogens with zero attached hydrogens (tertiary/aromatic N) is 1. The molecule has 1 aromatic carbocycles. The third kappa shape index (κ3) is 4.43. The molecule has 0 aliphatic heterocycles. The summed E-state index contributed by atoms with van der Waals surface area (Å²) in [4.78, 5) is 12.4. The first-order valence-electron chi connectivity index (χ1n) is 11.4. The first kappa shape index (κ1) is 21.2. The van der Waals surface area contributed by atoms with Gasteiger partial charge in [-0.15, -0.1) is 0 Å². The number of carbonyl (C=O) groups excluding carboxylic acids is 1. The van der Waals surface area contributed by atoms with E-state index in [0.717, 1.165) is 42.0 Å². The molecule has 2 aromatic rings. The number of hydrogen-bond donors (Lipinski definition) is 1. The Hall–Kier alpha value is -2.70. The summed E-state index contributed by atoms with van der Waals surface area (Å²) in [6, 6.07) is 6.19. The quantitative estimate of drug-likeness (QED) is 0.432. The molecular weight excluding hydrogens is 414 g/mol. The van der Waals surface area contributed by atoms with Gasteiger partial charge < -0.3 is 9.15 Å². The van der Waals surface area contributed by atoms with E-state index < -0.39 is 17.5 Å². The first-order chi connectivity index (χ1) is 15.4. The summed E-state index contributed by atoms with van der Waals surface area (Å²) < 4.78 is 37.4.